The molecule has 0 bridgehead atoms. The predicted molar refractivity (Wildman–Crippen MR) is 84.1 cm³/mol. The number of hydrogen-bond acceptors (Lipinski definition) is 3. The monoisotopic (exact) mass is 272 g/mol. The van der Waals surface area contributed by atoms with Crippen molar-refractivity contribution in [2.45, 2.75) is 12.1 Å². The standard InChI is InChI=1S/C16H20N2S/c17-15(13-7-3-1-4-8-13)11-19-12-16(18)14-9-5-2-6-10-14/h1-10,15-16H,11-12,17-18H2/t15-,16-/m0/s1. The van der Waals surface area contributed by atoms with Gasteiger partial charge in [0.15, 0.2) is 0 Å². The Morgan fingerprint density at radius 2 is 1.05 bits per heavy atom. The van der Waals surface area contributed by atoms with Crippen LogP contribution < -0.4 is 11.5 Å². The van der Waals surface area contributed by atoms with Crippen LogP contribution in [-0.4, -0.2) is 11.5 Å². The Kier molecular flexibility index (Phi) is 5.45. The molecule has 0 saturated heterocycles. The number of rotatable bonds is 6. The molecule has 4 N–H and O–H groups in total. The Hall–Kier alpha value is -1.29. The molecular formula is C16H20N2S. The van der Waals surface area contributed by atoms with Crippen LogP contribution in [0.3, 0.4) is 0 Å². The van der Waals surface area contributed by atoms with Gasteiger partial charge in [-0.1, -0.05) is 60.7 Å². The Balaban J connectivity index is 1.78. The quantitative estimate of drug-likeness (QED) is 0.849. The molecule has 2 atom stereocenters. The molecule has 2 nitrogen and oxygen atoms in total. The van der Waals surface area contributed by atoms with E-state index in [1.807, 2.05) is 48.2 Å². The summed E-state index contributed by atoms with van der Waals surface area (Å²) < 4.78 is 0. The Morgan fingerprint density at radius 1 is 0.684 bits per heavy atom. The van der Waals surface area contributed by atoms with E-state index in [1.54, 1.807) is 0 Å². The molecule has 2 aromatic carbocycles. The lowest BCUT2D eigenvalue weighted by Gasteiger charge is -2.15. The highest BCUT2D eigenvalue weighted by molar-refractivity contribution is 7.99. The summed E-state index contributed by atoms with van der Waals surface area (Å²) in [5.74, 6) is 1.79. The van der Waals surface area contributed by atoms with Crippen LogP contribution in [0.5, 0.6) is 0 Å². The molecule has 0 fully saturated rings. The van der Waals surface area contributed by atoms with Crippen LogP contribution in [0.15, 0.2) is 60.7 Å². The van der Waals surface area contributed by atoms with Gasteiger partial charge in [0.05, 0.1) is 0 Å². The van der Waals surface area contributed by atoms with Crippen LogP contribution in [0.1, 0.15) is 23.2 Å². The highest BCUT2D eigenvalue weighted by Crippen LogP contribution is 2.20. The molecule has 0 unspecified atom stereocenters. The summed E-state index contributed by atoms with van der Waals surface area (Å²) in [7, 11) is 0. The molecule has 0 radical (unpaired) electrons. The van der Waals surface area contributed by atoms with E-state index in [4.69, 9.17) is 11.5 Å². The summed E-state index contributed by atoms with van der Waals surface area (Å²) in [6.07, 6.45) is 0. The summed E-state index contributed by atoms with van der Waals surface area (Å²) in [4.78, 5) is 0. The van der Waals surface area contributed by atoms with Gasteiger partial charge in [-0.2, -0.15) is 11.8 Å². The molecule has 0 aromatic heterocycles. The van der Waals surface area contributed by atoms with Crippen LogP contribution in [-0.2, 0) is 0 Å². The van der Waals surface area contributed by atoms with E-state index < -0.39 is 0 Å². The molecule has 19 heavy (non-hydrogen) atoms. The van der Waals surface area contributed by atoms with Crippen molar-refractivity contribution in [2.24, 2.45) is 11.5 Å². The summed E-state index contributed by atoms with van der Waals surface area (Å²) in [6, 6.07) is 20.6. The second-order valence-electron chi connectivity index (χ2n) is 4.57. The zero-order chi connectivity index (χ0) is 13.5. The van der Waals surface area contributed by atoms with Crippen molar-refractivity contribution in [3.05, 3.63) is 71.8 Å². The lowest BCUT2D eigenvalue weighted by Crippen LogP contribution is -2.17. The number of benzene rings is 2. The van der Waals surface area contributed by atoms with Crippen molar-refractivity contribution >= 4 is 11.8 Å². The first kappa shape index (κ1) is 14.1. The van der Waals surface area contributed by atoms with Gasteiger partial charge in [-0.15, -0.1) is 0 Å². The van der Waals surface area contributed by atoms with Crippen molar-refractivity contribution in [2.75, 3.05) is 11.5 Å². The molecule has 0 spiro atoms. The first-order valence-corrected chi connectivity index (χ1v) is 7.61. The van der Waals surface area contributed by atoms with Gasteiger partial charge in [0.2, 0.25) is 0 Å². The Bertz CT molecular complexity index is 427. The lowest BCUT2D eigenvalue weighted by molar-refractivity contribution is 0.811. The minimum atomic E-state index is 0.0779. The van der Waals surface area contributed by atoms with Gasteiger partial charge in [0.1, 0.15) is 0 Å². The molecule has 0 aliphatic carbocycles. The van der Waals surface area contributed by atoms with Crippen LogP contribution >= 0.6 is 11.8 Å². The molecule has 0 heterocycles. The van der Waals surface area contributed by atoms with Gasteiger partial charge in [-0.25, -0.2) is 0 Å². The van der Waals surface area contributed by atoms with E-state index in [1.165, 1.54) is 11.1 Å². The highest BCUT2D eigenvalue weighted by Gasteiger charge is 2.08. The van der Waals surface area contributed by atoms with Crippen LogP contribution in [0.4, 0.5) is 0 Å². The van der Waals surface area contributed by atoms with Gasteiger partial charge in [0.25, 0.3) is 0 Å². The molecule has 2 aromatic rings. The van der Waals surface area contributed by atoms with E-state index in [0.717, 1.165) is 11.5 Å². The second-order valence-corrected chi connectivity index (χ2v) is 5.65. The van der Waals surface area contributed by atoms with Crippen LogP contribution in [0, 0.1) is 0 Å². The molecule has 2 rings (SSSR count). The normalized spacial score (nSPS) is 14.0. The third kappa shape index (κ3) is 4.39. The fourth-order valence-electron chi connectivity index (χ4n) is 1.91. The van der Waals surface area contributed by atoms with Crippen molar-refractivity contribution in [1.29, 1.82) is 0 Å². The Labute approximate surface area is 119 Å². The molecule has 0 amide bonds. The maximum atomic E-state index is 6.16. The van der Waals surface area contributed by atoms with Crippen molar-refractivity contribution in [3.8, 4) is 0 Å². The highest BCUT2D eigenvalue weighted by atomic mass is 32.2. The average Bonchev–Trinajstić information content (AvgIpc) is 2.49. The predicted octanol–water partition coefficient (Wildman–Crippen LogP) is 3.12. The Morgan fingerprint density at radius 3 is 1.42 bits per heavy atom. The van der Waals surface area contributed by atoms with Gasteiger partial charge in [-0.3, -0.25) is 0 Å². The van der Waals surface area contributed by atoms with Crippen LogP contribution in [0.2, 0.25) is 0 Å². The molecule has 3 heteroatoms. The lowest BCUT2D eigenvalue weighted by atomic mass is 10.1. The van der Waals surface area contributed by atoms with E-state index >= 15 is 0 Å². The maximum Gasteiger partial charge on any atom is 0.0386 e. The molecule has 0 saturated carbocycles. The topological polar surface area (TPSA) is 52.0 Å². The van der Waals surface area contributed by atoms with E-state index in [9.17, 15) is 0 Å². The largest absolute Gasteiger partial charge is 0.323 e. The molecule has 100 valence electrons. The smallest absolute Gasteiger partial charge is 0.0386 e. The fraction of sp³-hybridized carbons (Fsp3) is 0.250. The molecule has 0 aliphatic heterocycles. The van der Waals surface area contributed by atoms with E-state index in [-0.39, 0.29) is 12.1 Å². The first-order valence-electron chi connectivity index (χ1n) is 6.46. The SMILES string of the molecule is N[C@@H](CSC[C@H](N)c1ccccc1)c1ccccc1. The summed E-state index contributed by atoms with van der Waals surface area (Å²) in [5.41, 5.74) is 14.7. The van der Waals surface area contributed by atoms with Gasteiger partial charge in [-0.05, 0) is 11.1 Å². The average molecular weight is 272 g/mol. The second kappa shape index (κ2) is 7.34. The van der Waals surface area contributed by atoms with Gasteiger partial charge >= 0.3 is 0 Å². The number of hydrogen-bond donors (Lipinski definition) is 2. The fourth-order valence-corrected chi connectivity index (χ4v) is 2.94. The molecule has 0 aliphatic rings. The molecular weight excluding hydrogens is 252 g/mol. The third-order valence-electron chi connectivity index (χ3n) is 3.05. The summed E-state index contributed by atoms with van der Waals surface area (Å²) >= 11 is 1.81. The van der Waals surface area contributed by atoms with E-state index in [2.05, 4.69) is 24.3 Å². The van der Waals surface area contributed by atoms with E-state index in [0.29, 0.717) is 0 Å². The van der Waals surface area contributed by atoms with Crippen molar-refractivity contribution in [3.63, 3.8) is 0 Å². The summed E-state index contributed by atoms with van der Waals surface area (Å²) in [6.45, 7) is 0. The van der Waals surface area contributed by atoms with Gasteiger partial charge in [0, 0.05) is 23.6 Å². The minimum absolute atomic E-state index is 0.0779. The van der Waals surface area contributed by atoms with Crippen molar-refractivity contribution in [1.82, 2.24) is 0 Å². The zero-order valence-electron chi connectivity index (χ0n) is 10.9. The third-order valence-corrected chi connectivity index (χ3v) is 4.24. The maximum absolute atomic E-state index is 6.16. The first-order chi connectivity index (χ1) is 9.27. The number of nitrogens with two attached hydrogens (primary N) is 2. The number of thioether (sulfide) groups is 1. The zero-order valence-corrected chi connectivity index (χ0v) is 11.7. The van der Waals surface area contributed by atoms with Crippen molar-refractivity contribution < 1.29 is 0 Å². The van der Waals surface area contributed by atoms with Gasteiger partial charge < -0.3 is 11.5 Å². The minimum Gasteiger partial charge on any atom is -0.323 e. The van der Waals surface area contributed by atoms with Crippen LogP contribution in [0.25, 0.3) is 0 Å². The summed E-state index contributed by atoms with van der Waals surface area (Å²) in [5, 5.41) is 0.